The number of hydrogen-bond acceptors (Lipinski definition) is 3. The molecule has 2 aromatic rings. The van der Waals surface area contributed by atoms with Crippen LogP contribution < -0.4 is 0 Å². The predicted molar refractivity (Wildman–Crippen MR) is 83.0 cm³/mol. The third-order valence-electron chi connectivity index (χ3n) is 3.19. The molecule has 1 aromatic carbocycles. The fourth-order valence-corrected chi connectivity index (χ4v) is 1.99. The number of hydrogen-bond donors (Lipinski definition) is 0. The molecule has 0 amide bonds. The van der Waals surface area contributed by atoms with Gasteiger partial charge in [-0.05, 0) is 31.2 Å². The van der Waals surface area contributed by atoms with E-state index >= 15 is 0 Å². The van der Waals surface area contributed by atoms with Crippen molar-refractivity contribution < 1.29 is 17.9 Å². The number of pyridine rings is 1. The fraction of sp³-hybridized carbons (Fsp3) is 0.176. The number of halogens is 3. The van der Waals surface area contributed by atoms with Gasteiger partial charge in [-0.1, -0.05) is 18.7 Å². The third kappa shape index (κ3) is 3.97. The summed E-state index contributed by atoms with van der Waals surface area (Å²) in [7, 11) is 1.44. The zero-order valence-electron chi connectivity index (χ0n) is 12.7. The van der Waals surface area contributed by atoms with Gasteiger partial charge in [0, 0.05) is 17.5 Å². The van der Waals surface area contributed by atoms with E-state index in [1.807, 2.05) is 0 Å². The van der Waals surface area contributed by atoms with Crippen LogP contribution in [0.4, 0.5) is 13.2 Å². The maximum Gasteiger partial charge on any atom is 0.416 e. The van der Waals surface area contributed by atoms with Gasteiger partial charge in [0.1, 0.15) is 0 Å². The van der Waals surface area contributed by atoms with Crippen molar-refractivity contribution in [2.45, 2.75) is 13.1 Å². The van der Waals surface area contributed by atoms with Gasteiger partial charge in [-0.2, -0.15) is 13.2 Å². The summed E-state index contributed by atoms with van der Waals surface area (Å²) in [6.45, 7) is 5.52. The van der Waals surface area contributed by atoms with Gasteiger partial charge in [-0.15, -0.1) is 0 Å². The average Bonchev–Trinajstić information content (AvgIpc) is 2.52. The second-order valence-corrected chi connectivity index (χ2v) is 4.78. The molecule has 0 aliphatic carbocycles. The summed E-state index contributed by atoms with van der Waals surface area (Å²) in [6, 6.07) is 8.34. The number of benzene rings is 1. The lowest BCUT2D eigenvalue weighted by molar-refractivity contribution is -0.137. The molecule has 0 aliphatic rings. The molecule has 0 N–H and O–H groups in total. The monoisotopic (exact) mass is 320 g/mol. The van der Waals surface area contributed by atoms with Crippen molar-refractivity contribution in [3.63, 3.8) is 0 Å². The first-order valence-electron chi connectivity index (χ1n) is 6.74. The van der Waals surface area contributed by atoms with E-state index in [0.29, 0.717) is 11.3 Å². The quantitative estimate of drug-likeness (QED) is 0.617. The Hall–Kier alpha value is -2.63. The Bertz CT molecular complexity index is 751. The first kappa shape index (κ1) is 16.7. The van der Waals surface area contributed by atoms with Crippen LogP contribution in [0.1, 0.15) is 22.4 Å². The maximum absolute atomic E-state index is 12.8. The second kappa shape index (κ2) is 6.64. The Balaban J connectivity index is 2.38. The molecule has 0 radical (unpaired) electrons. The Morgan fingerprint density at radius 1 is 1.22 bits per heavy atom. The van der Waals surface area contributed by atoms with Crippen LogP contribution in [0.5, 0.6) is 0 Å². The van der Waals surface area contributed by atoms with Gasteiger partial charge >= 0.3 is 6.18 Å². The van der Waals surface area contributed by atoms with Gasteiger partial charge < -0.3 is 4.74 Å². The van der Waals surface area contributed by atoms with E-state index in [-0.39, 0.29) is 17.2 Å². The molecule has 1 heterocycles. The first-order chi connectivity index (χ1) is 10.8. The van der Waals surface area contributed by atoms with E-state index in [9.17, 15) is 13.2 Å². The molecule has 0 fully saturated rings. The van der Waals surface area contributed by atoms with Crippen LogP contribution in [0.15, 0.2) is 54.2 Å². The molecule has 2 rings (SSSR count). The number of rotatable bonds is 3. The summed E-state index contributed by atoms with van der Waals surface area (Å²) >= 11 is 0. The van der Waals surface area contributed by atoms with Gasteiger partial charge in [0.2, 0.25) is 5.90 Å². The van der Waals surface area contributed by atoms with Gasteiger partial charge in [-0.3, -0.25) is 4.98 Å². The lowest BCUT2D eigenvalue weighted by Crippen LogP contribution is -2.08. The molecule has 3 nitrogen and oxygen atoms in total. The van der Waals surface area contributed by atoms with Crippen molar-refractivity contribution in [2.24, 2.45) is 4.99 Å². The standard InChI is InChI=1S/C17H15F3N2O/c1-11(13-6-4-7-14(10-13)17(18,19)20)22-16(23-3)15-8-5-9-21-12(15)2/h4-10H,1H2,2-3H3. The summed E-state index contributed by atoms with van der Waals surface area (Å²) in [5.41, 5.74) is 1.06. The lowest BCUT2D eigenvalue weighted by atomic mass is 10.1. The molecule has 0 bridgehead atoms. The first-order valence-corrected chi connectivity index (χ1v) is 6.74. The molecular formula is C17H15F3N2O. The summed E-state index contributed by atoms with van der Waals surface area (Å²) < 4.78 is 43.6. The normalized spacial score (nSPS) is 12.1. The number of ether oxygens (including phenoxy) is 1. The number of aliphatic imine (C=N–C) groups is 1. The molecule has 120 valence electrons. The molecule has 0 saturated heterocycles. The van der Waals surface area contributed by atoms with Crippen molar-refractivity contribution in [3.05, 3.63) is 71.6 Å². The molecule has 0 saturated carbocycles. The Kier molecular flexibility index (Phi) is 4.83. The van der Waals surface area contributed by atoms with E-state index in [1.54, 1.807) is 25.3 Å². The second-order valence-electron chi connectivity index (χ2n) is 4.78. The van der Waals surface area contributed by atoms with Gasteiger partial charge in [0.25, 0.3) is 0 Å². The minimum absolute atomic E-state index is 0.177. The Morgan fingerprint density at radius 3 is 2.57 bits per heavy atom. The van der Waals surface area contributed by atoms with Crippen molar-refractivity contribution in [1.29, 1.82) is 0 Å². The summed E-state index contributed by atoms with van der Waals surface area (Å²) in [5.74, 6) is 0.248. The third-order valence-corrected chi connectivity index (χ3v) is 3.19. The minimum atomic E-state index is -4.41. The van der Waals surface area contributed by atoms with Crippen molar-refractivity contribution in [1.82, 2.24) is 4.98 Å². The zero-order valence-corrected chi connectivity index (χ0v) is 12.7. The molecule has 6 heteroatoms. The van der Waals surface area contributed by atoms with E-state index < -0.39 is 11.7 Å². The molecule has 1 aromatic heterocycles. The smallest absolute Gasteiger partial charge is 0.416 e. The van der Waals surface area contributed by atoms with Crippen LogP contribution in [0.2, 0.25) is 0 Å². The van der Waals surface area contributed by atoms with Crippen molar-refractivity contribution >= 4 is 11.6 Å². The highest BCUT2D eigenvalue weighted by Crippen LogP contribution is 2.31. The fourth-order valence-electron chi connectivity index (χ4n) is 1.99. The van der Waals surface area contributed by atoms with Gasteiger partial charge in [0.05, 0.1) is 23.9 Å². The molecule has 0 spiro atoms. The van der Waals surface area contributed by atoms with Crippen molar-refractivity contribution in [3.8, 4) is 0 Å². The molecule has 0 aliphatic heterocycles. The Morgan fingerprint density at radius 2 is 1.96 bits per heavy atom. The maximum atomic E-state index is 12.8. The summed E-state index contributed by atoms with van der Waals surface area (Å²) in [5, 5.41) is 0. The highest BCUT2D eigenvalue weighted by Gasteiger charge is 2.30. The molecule has 0 atom stereocenters. The minimum Gasteiger partial charge on any atom is -0.480 e. The largest absolute Gasteiger partial charge is 0.480 e. The Labute approximate surface area is 132 Å². The molecule has 0 unspecified atom stereocenters. The zero-order chi connectivity index (χ0) is 17.0. The summed E-state index contributed by atoms with van der Waals surface area (Å²) in [6.07, 6.45) is -2.78. The number of methoxy groups -OCH3 is 1. The lowest BCUT2D eigenvalue weighted by Gasteiger charge is -2.10. The van der Waals surface area contributed by atoms with Crippen molar-refractivity contribution in [2.75, 3.05) is 7.11 Å². The van der Waals surface area contributed by atoms with Crippen LogP contribution in [0.25, 0.3) is 5.70 Å². The van der Waals surface area contributed by atoms with E-state index in [0.717, 1.165) is 12.1 Å². The SMILES string of the molecule is C=C(N=C(OC)c1cccnc1C)c1cccc(C(F)(F)F)c1. The van der Waals surface area contributed by atoms with Crippen LogP contribution >= 0.6 is 0 Å². The predicted octanol–water partition coefficient (Wildman–Crippen LogP) is 4.47. The topological polar surface area (TPSA) is 34.5 Å². The molecule has 23 heavy (non-hydrogen) atoms. The van der Waals surface area contributed by atoms with E-state index in [2.05, 4.69) is 16.6 Å². The summed E-state index contributed by atoms with van der Waals surface area (Å²) in [4.78, 5) is 8.35. The van der Waals surface area contributed by atoms with Gasteiger partial charge in [0.15, 0.2) is 0 Å². The van der Waals surface area contributed by atoms with Crippen LogP contribution in [0, 0.1) is 6.92 Å². The number of alkyl halides is 3. The van der Waals surface area contributed by atoms with Crippen LogP contribution in [0.3, 0.4) is 0 Å². The van der Waals surface area contributed by atoms with Gasteiger partial charge in [-0.25, -0.2) is 4.99 Å². The number of aromatic nitrogens is 1. The van der Waals surface area contributed by atoms with E-state index in [4.69, 9.17) is 4.74 Å². The van der Waals surface area contributed by atoms with E-state index in [1.165, 1.54) is 19.2 Å². The number of aryl methyl sites for hydroxylation is 1. The van der Waals surface area contributed by atoms with Crippen LogP contribution in [-0.4, -0.2) is 18.0 Å². The average molecular weight is 320 g/mol. The number of nitrogens with zero attached hydrogens (tertiary/aromatic N) is 2. The highest BCUT2D eigenvalue weighted by atomic mass is 19.4. The van der Waals surface area contributed by atoms with Crippen LogP contribution in [-0.2, 0) is 10.9 Å². The molecular weight excluding hydrogens is 305 g/mol. The highest BCUT2D eigenvalue weighted by molar-refractivity contribution is 5.98.